The van der Waals surface area contributed by atoms with Crippen LogP contribution in [0.2, 0.25) is 5.02 Å². The van der Waals surface area contributed by atoms with Gasteiger partial charge in [0.25, 0.3) is 0 Å². The molecule has 1 atom stereocenters. The largest absolute Gasteiger partial charge is 0.361 e. The molecule has 0 bridgehead atoms. The van der Waals surface area contributed by atoms with Crippen molar-refractivity contribution in [3.05, 3.63) is 64.8 Å². The number of hydrogen-bond acceptors (Lipinski definition) is 2. The maximum absolute atomic E-state index is 12.6. The molecule has 1 saturated heterocycles. The first-order chi connectivity index (χ1) is 13.5. The molecule has 28 heavy (non-hydrogen) atoms. The number of nitrogens with zero attached hydrogens (tertiary/aromatic N) is 1. The van der Waals surface area contributed by atoms with Crippen LogP contribution in [0, 0.1) is 12.8 Å². The molecule has 1 aliphatic heterocycles. The third kappa shape index (κ3) is 3.62. The van der Waals surface area contributed by atoms with Crippen LogP contribution in [0.15, 0.2) is 48.7 Å². The minimum absolute atomic E-state index is 0.0447. The number of para-hydroxylation sites is 1. The monoisotopic (exact) mass is 395 g/mol. The zero-order valence-electron chi connectivity index (χ0n) is 15.7. The molecule has 3 aromatic rings. The Morgan fingerprint density at radius 1 is 1.29 bits per heavy atom. The third-order valence-corrected chi connectivity index (χ3v) is 5.74. The molecule has 1 unspecified atom stereocenters. The Kier molecular flexibility index (Phi) is 5.09. The summed E-state index contributed by atoms with van der Waals surface area (Å²) in [5.74, 6) is -0.457. The highest BCUT2D eigenvalue weighted by molar-refractivity contribution is 6.31. The highest BCUT2D eigenvalue weighted by Gasteiger charge is 2.35. The summed E-state index contributed by atoms with van der Waals surface area (Å²) in [6, 6.07) is 13.7. The predicted molar refractivity (Wildman–Crippen MR) is 112 cm³/mol. The highest BCUT2D eigenvalue weighted by Crippen LogP contribution is 2.29. The van der Waals surface area contributed by atoms with E-state index in [2.05, 4.69) is 16.4 Å². The summed E-state index contributed by atoms with van der Waals surface area (Å²) in [6.45, 7) is 2.85. The van der Waals surface area contributed by atoms with Crippen LogP contribution in [-0.4, -0.2) is 29.9 Å². The first-order valence-corrected chi connectivity index (χ1v) is 9.80. The fraction of sp³-hybridized carbons (Fsp3) is 0.273. The van der Waals surface area contributed by atoms with E-state index in [0.717, 1.165) is 23.2 Å². The maximum Gasteiger partial charge on any atom is 0.227 e. The van der Waals surface area contributed by atoms with E-state index in [4.69, 9.17) is 11.6 Å². The van der Waals surface area contributed by atoms with Crippen molar-refractivity contribution in [1.29, 1.82) is 0 Å². The average Bonchev–Trinajstić information content (AvgIpc) is 3.28. The van der Waals surface area contributed by atoms with E-state index < -0.39 is 0 Å². The van der Waals surface area contributed by atoms with E-state index in [9.17, 15) is 9.59 Å². The van der Waals surface area contributed by atoms with Gasteiger partial charge in [-0.15, -0.1) is 0 Å². The lowest BCUT2D eigenvalue weighted by Gasteiger charge is -2.17. The Hall–Kier alpha value is -2.79. The summed E-state index contributed by atoms with van der Waals surface area (Å²) in [4.78, 5) is 29.8. The van der Waals surface area contributed by atoms with Gasteiger partial charge in [-0.1, -0.05) is 35.9 Å². The first kappa shape index (κ1) is 18.6. The van der Waals surface area contributed by atoms with Crippen LogP contribution in [-0.2, 0) is 16.0 Å². The molecule has 2 N–H and O–H groups in total. The number of carbonyl (C=O) groups excluding carboxylic acids is 2. The van der Waals surface area contributed by atoms with Crippen molar-refractivity contribution in [2.45, 2.75) is 19.8 Å². The van der Waals surface area contributed by atoms with Crippen LogP contribution in [0.5, 0.6) is 0 Å². The number of hydrogen-bond donors (Lipinski definition) is 2. The predicted octanol–water partition coefficient (Wildman–Crippen LogP) is 3.84. The van der Waals surface area contributed by atoms with Gasteiger partial charge in [-0.05, 0) is 42.7 Å². The summed E-state index contributed by atoms with van der Waals surface area (Å²) in [5, 5.41) is 4.78. The Morgan fingerprint density at radius 2 is 2.11 bits per heavy atom. The van der Waals surface area contributed by atoms with Crippen molar-refractivity contribution in [3.63, 3.8) is 0 Å². The van der Waals surface area contributed by atoms with Gasteiger partial charge in [0.15, 0.2) is 0 Å². The summed E-state index contributed by atoms with van der Waals surface area (Å²) < 4.78 is 0. The SMILES string of the molecule is Cc1ccc(N2CC(C(=O)NCCc3c[nH]c4ccccc34)CC2=O)cc1Cl. The van der Waals surface area contributed by atoms with Gasteiger partial charge >= 0.3 is 0 Å². The standard InChI is InChI=1S/C22H22ClN3O2/c1-14-6-7-17(11-19(14)23)26-13-16(10-21(26)27)22(28)24-9-8-15-12-25-20-5-3-2-4-18(15)20/h2-7,11-12,16,25H,8-10,13H2,1H3,(H,24,28). The normalized spacial score (nSPS) is 16.7. The van der Waals surface area contributed by atoms with Crippen LogP contribution in [0.1, 0.15) is 17.5 Å². The van der Waals surface area contributed by atoms with Gasteiger partial charge in [0.1, 0.15) is 0 Å². The molecule has 0 saturated carbocycles. The molecule has 1 fully saturated rings. The van der Waals surface area contributed by atoms with Gasteiger partial charge in [0.2, 0.25) is 11.8 Å². The molecule has 4 rings (SSSR count). The molecule has 2 aromatic carbocycles. The van der Waals surface area contributed by atoms with Crippen molar-refractivity contribution >= 4 is 40.0 Å². The van der Waals surface area contributed by atoms with Gasteiger partial charge in [0.05, 0.1) is 5.92 Å². The lowest BCUT2D eigenvalue weighted by Crippen LogP contribution is -2.34. The van der Waals surface area contributed by atoms with E-state index in [-0.39, 0.29) is 24.2 Å². The molecule has 1 aromatic heterocycles. The number of nitrogens with one attached hydrogen (secondary N) is 2. The third-order valence-electron chi connectivity index (χ3n) is 5.33. The van der Waals surface area contributed by atoms with Crippen LogP contribution in [0.4, 0.5) is 5.69 Å². The number of H-pyrrole nitrogens is 1. The molecule has 0 spiro atoms. The number of anilines is 1. The molecule has 2 amide bonds. The van der Waals surface area contributed by atoms with E-state index >= 15 is 0 Å². The number of aromatic amines is 1. The second-order valence-electron chi connectivity index (χ2n) is 7.24. The minimum Gasteiger partial charge on any atom is -0.361 e. The van der Waals surface area contributed by atoms with Crippen molar-refractivity contribution in [3.8, 4) is 0 Å². The van der Waals surface area contributed by atoms with Crippen molar-refractivity contribution in [2.24, 2.45) is 5.92 Å². The van der Waals surface area contributed by atoms with Gasteiger partial charge < -0.3 is 15.2 Å². The summed E-state index contributed by atoms with van der Waals surface area (Å²) in [7, 11) is 0. The van der Waals surface area contributed by atoms with E-state index in [1.807, 2.05) is 43.5 Å². The van der Waals surface area contributed by atoms with Crippen LogP contribution in [0.3, 0.4) is 0 Å². The number of carbonyl (C=O) groups is 2. The smallest absolute Gasteiger partial charge is 0.227 e. The Morgan fingerprint density at radius 3 is 2.93 bits per heavy atom. The molecule has 0 radical (unpaired) electrons. The number of aryl methyl sites for hydroxylation is 1. The molecule has 5 nitrogen and oxygen atoms in total. The summed E-state index contributed by atoms with van der Waals surface area (Å²) in [6.07, 6.45) is 2.96. The molecule has 144 valence electrons. The topological polar surface area (TPSA) is 65.2 Å². The van der Waals surface area contributed by atoms with Gasteiger partial charge in [-0.3, -0.25) is 9.59 Å². The maximum atomic E-state index is 12.6. The van der Waals surface area contributed by atoms with Crippen LogP contribution >= 0.6 is 11.6 Å². The lowest BCUT2D eigenvalue weighted by atomic mass is 10.1. The van der Waals surface area contributed by atoms with E-state index in [1.54, 1.807) is 11.0 Å². The number of rotatable bonds is 5. The highest BCUT2D eigenvalue weighted by atomic mass is 35.5. The first-order valence-electron chi connectivity index (χ1n) is 9.42. The zero-order valence-corrected chi connectivity index (χ0v) is 16.4. The fourth-order valence-corrected chi connectivity index (χ4v) is 3.86. The molecule has 2 heterocycles. The fourth-order valence-electron chi connectivity index (χ4n) is 3.69. The van der Waals surface area contributed by atoms with Gasteiger partial charge in [-0.2, -0.15) is 0 Å². The van der Waals surface area contributed by atoms with Crippen LogP contribution in [0.25, 0.3) is 10.9 Å². The lowest BCUT2D eigenvalue weighted by molar-refractivity contribution is -0.126. The van der Waals surface area contributed by atoms with Crippen LogP contribution < -0.4 is 10.2 Å². The number of benzene rings is 2. The quantitative estimate of drug-likeness (QED) is 0.689. The van der Waals surface area contributed by atoms with Crippen molar-refractivity contribution in [1.82, 2.24) is 10.3 Å². The Labute approximate surface area is 168 Å². The molecular weight excluding hydrogens is 374 g/mol. The number of aromatic nitrogens is 1. The number of amides is 2. The second-order valence-corrected chi connectivity index (χ2v) is 7.65. The number of halogens is 1. The average molecular weight is 396 g/mol. The zero-order chi connectivity index (χ0) is 19.7. The summed E-state index contributed by atoms with van der Waals surface area (Å²) >= 11 is 6.18. The molecule has 1 aliphatic rings. The minimum atomic E-state index is -0.337. The van der Waals surface area contributed by atoms with Gasteiger partial charge in [-0.25, -0.2) is 0 Å². The number of fused-ring (bicyclic) bond motifs is 1. The molecular formula is C22H22ClN3O2. The molecule has 6 heteroatoms. The van der Waals surface area contributed by atoms with Gasteiger partial charge in [0, 0.05) is 47.3 Å². The summed E-state index contributed by atoms with van der Waals surface area (Å²) in [5.41, 5.74) is 3.98. The van der Waals surface area contributed by atoms with Crippen molar-refractivity contribution in [2.75, 3.05) is 18.0 Å². The van der Waals surface area contributed by atoms with E-state index in [1.165, 1.54) is 10.9 Å². The second kappa shape index (κ2) is 7.68. The Balaban J connectivity index is 1.35. The molecule has 0 aliphatic carbocycles. The van der Waals surface area contributed by atoms with E-state index in [0.29, 0.717) is 18.1 Å². The Bertz CT molecular complexity index is 1040. The van der Waals surface area contributed by atoms with Crippen molar-refractivity contribution < 1.29 is 9.59 Å².